The van der Waals surface area contributed by atoms with Gasteiger partial charge in [0.15, 0.2) is 0 Å². The van der Waals surface area contributed by atoms with Gasteiger partial charge in [-0.25, -0.2) is 9.78 Å². The average molecular weight is 288 g/mol. The Morgan fingerprint density at radius 1 is 1.45 bits per heavy atom. The first-order chi connectivity index (χ1) is 9.69. The van der Waals surface area contributed by atoms with Gasteiger partial charge in [0.25, 0.3) is 0 Å². The molecule has 2 aromatic heterocycles. The number of imidazole rings is 1. The van der Waals surface area contributed by atoms with Crippen LogP contribution in [0.25, 0.3) is 11.0 Å². The molecule has 0 bridgehead atoms. The molecule has 0 saturated heterocycles. The third-order valence-electron chi connectivity index (χ3n) is 3.03. The van der Waals surface area contributed by atoms with E-state index in [1.54, 1.807) is 24.5 Å². The first-order valence-electron chi connectivity index (χ1n) is 6.00. The summed E-state index contributed by atoms with van der Waals surface area (Å²) in [6.07, 6.45) is 0.647. The van der Waals surface area contributed by atoms with E-state index in [2.05, 4.69) is 9.97 Å². The molecule has 0 aliphatic rings. The van der Waals surface area contributed by atoms with Crippen molar-refractivity contribution in [2.24, 2.45) is 0 Å². The molecule has 0 unspecified atom stereocenters. The van der Waals surface area contributed by atoms with E-state index in [-0.39, 0.29) is 5.56 Å². The van der Waals surface area contributed by atoms with Crippen molar-refractivity contribution in [2.75, 3.05) is 7.11 Å². The van der Waals surface area contributed by atoms with Crippen LogP contribution < -0.4 is 4.74 Å². The van der Waals surface area contributed by atoms with E-state index in [0.717, 1.165) is 5.82 Å². The predicted octanol–water partition coefficient (Wildman–Crippen LogP) is 2.92. The first-order valence-corrected chi connectivity index (χ1v) is 6.88. The van der Waals surface area contributed by atoms with Gasteiger partial charge < -0.3 is 14.8 Å². The zero-order valence-electron chi connectivity index (χ0n) is 10.7. The number of hydrogen-bond donors (Lipinski definition) is 2. The van der Waals surface area contributed by atoms with E-state index >= 15 is 0 Å². The topological polar surface area (TPSA) is 75.2 Å². The number of ether oxygens (including phenoxy) is 1. The summed E-state index contributed by atoms with van der Waals surface area (Å²) in [5, 5.41) is 11.2. The third-order valence-corrected chi connectivity index (χ3v) is 3.90. The van der Waals surface area contributed by atoms with Gasteiger partial charge in [0.2, 0.25) is 0 Å². The van der Waals surface area contributed by atoms with Crippen molar-refractivity contribution in [2.45, 2.75) is 6.42 Å². The molecular formula is C14H12N2O3S. The standard InChI is InChI=1S/C14H12N2O3S/c1-19-10-5-4-9(14(17)18)12-13(10)16-11(15-12)7-8-3-2-6-20-8/h2-6H,7H2,1H3,(H,15,16)(H,17,18). The number of carbonyl (C=O) groups is 1. The van der Waals surface area contributed by atoms with Crippen molar-refractivity contribution >= 4 is 28.3 Å². The number of rotatable bonds is 4. The molecule has 3 rings (SSSR count). The molecule has 2 heterocycles. The van der Waals surface area contributed by atoms with Gasteiger partial charge in [0, 0.05) is 11.3 Å². The summed E-state index contributed by atoms with van der Waals surface area (Å²) in [6, 6.07) is 7.15. The molecule has 5 nitrogen and oxygen atoms in total. The molecule has 0 atom stereocenters. The van der Waals surface area contributed by atoms with E-state index in [0.29, 0.717) is 23.2 Å². The SMILES string of the molecule is COc1ccc(C(=O)O)c2nc(Cc3cccs3)[nH]c12. The minimum Gasteiger partial charge on any atom is -0.494 e. The number of hydrogen-bond acceptors (Lipinski definition) is 4. The minimum absolute atomic E-state index is 0.175. The summed E-state index contributed by atoms with van der Waals surface area (Å²) in [5.74, 6) is 0.330. The number of aromatic carboxylic acids is 1. The van der Waals surface area contributed by atoms with Crippen molar-refractivity contribution in [1.82, 2.24) is 9.97 Å². The zero-order chi connectivity index (χ0) is 14.1. The normalized spacial score (nSPS) is 10.8. The molecular weight excluding hydrogens is 276 g/mol. The number of carboxylic acid groups (broad SMARTS) is 1. The second kappa shape index (κ2) is 4.97. The van der Waals surface area contributed by atoms with Crippen LogP contribution in [0.1, 0.15) is 21.1 Å². The summed E-state index contributed by atoms with van der Waals surface area (Å²) >= 11 is 1.64. The van der Waals surface area contributed by atoms with Gasteiger partial charge in [-0.2, -0.15) is 0 Å². The number of thiophene rings is 1. The smallest absolute Gasteiger partial charge is 0.337 e. The number of methoxy groups -OCH3 is 1. The predicted molar refractivity (Wildman–Crippen MR) is 76.7 cm³/mol. The van der Waals surface area contributed by atoms with Crippen LogP contribution in [0.4, 0.5) is 0 Å². The first kappa shape index (κ1) is 12.7. The molecule has 0 aliphatic carbocycles. The second-order valence-corrected chi connectivity index (χ2v) is 5.32. The fourth-order valence-electron chi connectivity index (χ4n) is 2.12. The molecule has 0 aliphatic heterocycles. The Morgan fingerprint density at radius 2 is 2.30 bits per heavy atom. The maximum atomic E-state index is 11.2. The number of carboxylic acids is 1. The van der Waals surface area contributed by atoms with Gasteiger partial charge in [-0.15, -0.1) is 11.3 Å². The quantitative estimate of drug-likeness (QED) is 0.774. The summed E-state index contributed by atoms with van der Waals surface area (Å²) in [4.78, 5) is 20.0. The van der Waals surface area contributed by atoms with Crippen molar-refractivity contribution in [3.05, 3.63) is 45.9 Å². The van der Waals surface area contributed by atoms with Gasteiger partial charge in [-0.05, 0) is 23.6 Å². The van der Waals surface area contributed by atoms with E-state index in [1.165, 1.54) is 10.9 Å². The van der Waals surface area contributed by atoms with Crippen molar-refractivity contribution in [1.29, 1.82) is 0 Å². The van der Waals surface area contributed by atoms with Gasteiger partial charge in [-0.1, -0.05) is 6.07 Å². The van der Waals surface area contributed by atoms with Gasteiger partial charge >= 0.3 is 5.97 Å². The number of aromatic nitrogens is 2. The molecule has 1 aromatic carbocycles. The zero-order valence-corrected chi connectivity index (χ0v) is 11.5. The van der Waals surface area contributed by atoms with Crippen molar-refractivity contribution in [3.63, 3.8) is 0 Å². The van der Waals surface area contributed by atoms with Crippen LogP contribution in [0.2, 0.25) is 0 Å². The highest BCUT2D eigenvalue weighted by molar-refractivity contribution is 7.09. The van der Waals surface area contributed by atoms with Crippen LogP contribution >= 0.6 is 11.3 Å². The maximum Gasteiger partial charge on any atom is 0.337 e. The molecule has 0 amide bonds. The maximum absolute atomic E-state index is 11.2. The largest absolute Gasteiger partial charge is 0.494 e. The Morgan fingerprint density at radius 3 is 2.95 bits per heavy atom. The van der Waals surface area contributed by atoms with E-state index in [9.17, 15) is 9.90 Å². The lowest BCUT2D eigenvalue weighted by atomic mass is 10.2. The molecule has 0 spiro atoms. The lowest BCUT2D eigenvalue weighted by Gasteiger charge is -2.02. The monoisotopic (exact) mass is 288 g/mol. The Kier molecular flexibility index (Phi) is 3.15. The van der Waals surface area contributed by atoms with Gasteiger partial charge in [0.1, 0.15) is 22.6 Å². The fourth-order valence-corrected chi connectivity index (χ4v) is 2.83. The molecule has 20 heavy (non-hydrogen) atoms. The van der Waals surface area contributed by atoms with E-state index in [1.807, 2.05) is 17.5 Å². The molecule has 6 heteroatoms. The van der Waals surface area contributed by atoms with Crippen LogP contribution in [0.5, 0.6) is 5.75 Å². The van der Waals surface area contributed by atoms with Crippen molar-refractivity contribution in [3.8, 4) is 5.75 Å². The van der Waals surface area contributed by atoms with Crippen LogP contribution in [0.3, 0.4) is 0 Å². The summed E-state index contributed by atoms with van der Waals surface area (Å²) in [5.41, 5.74) is 1.23. The molecule has 0 fully saturated rings. The van der Waals surface area contributed by atoms with Gasteiger partial charge in [0.05, 0.1) is 12.7 Å². The highest BCUT2D eigenvalue weighted by atomic mass is 32.1. The molecule has 102 valence electrons. The molecule has 2 N–H and O–H groups in total. The van der Waals surface area contributed by atoms with Crippen LogP contribution in [0.15, 0.2) is 29.6 Å². The number of nitrogens with one attached hydrogen (secondary N) is 1. The number of H-pyrrole nitrogens is 1. The van der Waals surface area contributed by atoms with Crippen LogP contribution in [0, 0.1) is 0 Å². The molecule has 0 radical (unpaired) electrons. The van der Waals surface area contributed by atoms with E-state index in [4.69, 9.17) is 4.74 Å². The summed E-state index contributed by atoms with van der Waals surface area (Å²) < 4.78 is 5.25. The summed E-state index contributed by atoms with van der Waals surface area (Å²) in [6.45, 7) is 0. The average Bonchev–Trinajstić information content (AvgIpc) is 3.06. The number of benzene rings is 1. The van der Waals surface area contributed by atoms with Crippen molar-refractivity contribution < 1.29 is 14.6 Å². The fraction of sp³-hybridized carbons (Fsp3) is 0.143. The Balaban J connectivity index is 2.12. The lowest BCUT2D eigenvalue weighted by molar-refractivity contribution is 0.0699. The number of fused-ring (bicyclic) bond motifs is 1. The van der Waals surface area contributed by atoms with Crippen LogP contribution in [-0.2, 0) is 6.42 Å². The second-order valence-electron chi connectivity index (χ2n) is 4.28. The van der Waals surface area contributed by atoms with Crippen LogP contribution in [-0.4, -0.2) is 28.2 Å². The van der Waals surface area contributed by atoms with Gasteiger partial charge in [-0.3, -0.25) is 0 Å². The molecule has 0 saturated carbocycles. The Hall–Kier alpha value is -2.34. The third kappa shape index (κ3) is 2.14. The Labute approximate surface area is 118 Å². The molecule has 3 aromatic rings. The highest BCUT2D eigenvalue weighted by Crippen LogP contribution is 2.27. The number of nitrogens with zero attached hydrogens (tertiary/aromatic N) is 1. The number of aromatic amines is 1. The summed E-state index contributed by atoms with van der Waals surface area (Å²) in [7, 11) is 1.55. The highest BCUT2D eigenvalue weighted by Gasteiger charge is 2.16. The Bertz CT molecular complexity index is 762. The van der Waals surface area contributed by atoms with E-state index < -0.39 is 5.97 Å². The lowest BCUT2D eigenvalue weighted by Crippen LogP contribution is -1.98. The minimum atomic E-state index is -0.994.